The molecule has 0 aliphatic heterocycles. The Hall–Kier alpha value is -6.70. The van der Waals surface area contributed by atoms with Crippen molar-refractivity contribution in [1.82, 2.24) is 0 Å². The Morgan fingerprint density at radius 2 is 0.845 bits per heavy atom. The van der Waals surface area contributed by atoms with E-state index in [0.717, 1.165) is 24.1 Å². The van der Waals surface area contributed by atoms with Crippen LogP contribution in [0, 0.1) is 5.41 Å². The fourth-order valence-electron chi connectivity index (χ4n) is 6.73. The first kappa shape index (κ1) is 40.9. The molecule has 0 heterocycles. The van der Waals surface area contributed by atoms with E-state index in [2.05, 4.69) is 233 Å². The van der Waals surface area contributed by atoms with E-state index >= 15 is 0 Å². The molecule has 2 N–H and O–H groups in total. The molecule has 58 heavy (non-hydrogen) atoms. The maximum absolute atomic E-state index is 6.87. The third-order valence-corrected chi connectivity index (χ3v) is 10.4. The van der Waals surface area contributed by atoms with Crippen LogP contribution < -0.4 is 5.73 Å². The number of hydrogen-bond donors (Lipinski definition) is 1. The molecular weight excluding hydrogens is 699 g/mol. The van der Waals surface area contributed by atoms with Gasteiger partial charge in [-0.25, -0.2) is 0 Å². The maximum atomic E-state index is 6.87. The first-order chi connectivity index (χ1) is 28.3. The molecule has 288 valence electrons. The summed E-state index contributed by atoms with van der Waals surface area (Å²) < 4.78 is 0. The average Bonchev–Trinajstić information content (AvgIpc) is 3.26. The summed E-state index contributed by atoms with van der Waals surface area (Å²) in [6.07, 6.45) is 28.1. The van der Waals surface area contributed by atoms with E-state index in [1.165, 1.54) is 44.5 Å². The van der Waals surface area contributed by atoms with E-state index in [1.807, 2.05) is 24.3 Å². The molecule has 0 amide bonds. The lowest BCUT2D eigenvalue weighted by atomic mass is 9.83. The Balaban J connectivity index is 1.27. The van der Waals surface area contributed by atoms with Crippen LogP contribution in [0.3, 0.4) is 0 Å². The van der Waals surface area contributed by atoms with Crippen molar-refractivity contribution in [2.24, 2.45) is 11.1 Å². The molecule has 6 aromatic rings. The van der Waals surface area contributed by atoms with Crippen LogP contribution in [0.2, 0.25) is 0 Å². The highest BCUT2D eigenvalue weighted by Gasteiger charge is 2.21. The molecule has 2 unspecified atom stereocenters. The molecule has 0 aliphatic carbocycles. The minimum absolute atomic E-state index is 0.0169. The lowest BCUT2D eigenvalue weighted by molar-refractivity contribution is 0.446. The number of benzene rings is 6. The number of rotatable bonds is 17. The summed E-state index contributed by atoms with van der Waals surface area (Å²) in [5.74, 6) is 0.0447. The van der Waals surface area contributed by atoms with Crippen LogP contribution in [0.4, 0.5) is 0 Å². The van der Waals surface area contributed by atoms with E-state index in [1.54, 1.807) is 0 Å². The van der Waals surface area contributed by atoms with Crippen molar-refractivity contribution in [3.8, 4) is 0 Å². The number of hydrogen-bond acceptors (Lipinski definition) is 1. The highest BCUT2D eigenvalue weighted by molar-refractivity contribution is 5.71. The van der Waals surface area contributed by atoms with Crippen LogP contribution in [-0.4, -0.2) is 0 Å². The van der Waals surface area contributed by atoms with E-state index in [0.29, 0.717) is 0 Å². The van der Waals surface area contributed by atoms with Gasteiger partial charge in [0.05, 0.1) is 0 Å². The zero-order valence-electron chi connectivity index (χ0n) is 33.9. The highest BCUT2D eigenvalue weighted by Crippen LogP contribution is 2.32. The van der Waals surface area contributed by atoms with Crippen LogP contribution >= 0.6 is 0 Å². The summed E-state index contributed by atoms with van der Waals surface area (Å²) in [6.45, 7) is 8.37. The molecule has 2 atom stereocenters. The molecule has 0 saturated carbocycles. The average molecular weight is 754 g/mol. The Labute approximate surface area is 347 Å². The van der Waals surface area contributed by atoms with Crippen molar-refractivity contribution in [1.29, 1.82) is 0 Å². The molecule has 0 spiro atoms. The van der Waals surface area contributed by atoms with Gasteiger partial charge in [-0.2, -0.15) is 0 Å². The molecule has 0 fully saturated rings. The van der Waals surface area contributed by atoms with Gasteiger partial charge in [0.1, 0.15) is 0 Å². The zero-order chi connectivity index (χ0) is 40.4. The summed E-state index contributed by atoms with van der Waals surface area (Å²) >= 11 is 0. The highest BCUT2D eigenvalue weighted by atomic mass is 14.6. The SMILES string of the molecule is C=CCC(C)(C)/C(N)=C/C(/C=C\C(/C=C\Cc1ccc(/C=C/c2ccccc2)cc1)c1ccc(/C=C/c2ccccc2)cc1)c1ccc(/C=C/c2ccccc2)cc1. The molecule has 1 heteroatoms. The third-order valence-electron chi connectivity index (χ3n) is 10.4. The Morgan fingerprint density at radius 1 is 0.483 bits per heavy atom. The molecule has 1 nitrogen and oxygen atoms in total. The Bertz CT molecular complexity index is 2340. The van der Waals surface area contributed by atoms with Crippen molar-refractivity contribution in [3.05, 3.63) is 263 Å². The molecule has 6 aromatic carbocycles. The van der Waals surface area contributed by atoms with Gasteiger partial charge in [0, 0.05) is 22.9 Å². The van der Waals surface area contributed by atoms with Crippen LogP contribution in [0.15, 0.2) is 213 Å². The van der Waals surface area contributed by atoms with E-state index in [9.17, 15) is 0 Å². The molecule has 0 radical (unpaired) electrons. The van der Waals surface area contributed by atoms with Crippen LogP contribution in [0.5, 0.6) is 0 Å². The minimum atomic E-state index is -0.207. The van der Waals surface area contributed by atoms with Gasteiger partial charge in [0.15, 0.2) is 0 Å². The number of nitrogens with two attached hydrogens (primary N) is 1. The summed E-state index contributed by atoms with van der Waals surface area (Å²) in [5, 5.41) is 0. The normalized spacial score (nSPS) is 13.6. The summed E-state index contributed by atoms with van der Waals surface area (Å²) in [5.41, 5.74) is 18.3. The summed E-state index contributed by atoms with van der Waals surface area (Å²) in [6, 6.07) is 57.8. The standard InChI is InChI=1S/C57H55N/c1-4-43-57(2,3)56(58)44-55(54-39-35-51(36-40-54)30-25-47-19-12-7-13-20-47)42-41-52(53-37-33-50(34-38-53)29-24-46-17-10-6-11-18-46)22-14-21-48-26-31-49(32-27-48)28-23-45-15-8-5-9-16-45/h4-20,22-42,44,52,55H,1,21,43,58H2,2-3H3/b22-14-,28-23+,29-24+,30-25+,42-41-,56-44-. The predicted molar refractivity (Wildman–Crippen MR) is 254 cm³/mol. The predicted octanol–water partition coefficient (Wildman–Crippen LogP) is 14.9. The lowest BCUT2D eigenvalue weighted by Gasteiger charge is -2.25. The summed E-state index contributed by atoms with van der Waals surface area (Å²) in [7, 11) is 0. The molecule has 6 rings (SSSR count). The smallest absolute Gasteiger partial charge is 0.0218 e. The van der Waals surface area contributed by atoms with E-state index < -0.39 is 0 Å². The molecule has 0 aromatic heterocycles. The van der Waals surface area contributed by atoms with Crippen LogP contribution in [0.1, 0.15) is 82.2 Å². The number of allylic oxidation sites excluding steroid dienone is 7. The molecular formula is C57H55N. The van der Waals surface area contributed by atoms with Gasteiger partial charge in [-0.1, -0.05) is 251 Å². The van der Waals surface area contributed by atoms with Gasteiger partial charge in [0.2, 0.25) is 0 Å². The van der Waals surface area contributed by atoms with Gasteiger partial charge in [-0.3, -0.25) is 0 Å². The largest absolute Gasteiger partial charge is 0.402 e. The van der Waals surface area contributed by atoms with E-state index in [4.69, 9.17) is 5.73 Å². The van der Waals surface area contributed by atoms with Gasteiger partial charge >= 0.3 is 0 Å². The van der Waals surface area contributed by atoms with E-state index in [-0.39, 0.29) is 17.3 Å². The van der Waals surface area contributed by atoms with Gasteiger partial charge in [-0.05, 0) is 62.9 Å². The summed E-state index contributed by atoms with van der Waals surface area (Å²) in [4.78, 5) is 0. The topological polar surface area (TPSA) is 26.0 Å². The van der Waals surface area contributed by atoms with Crippen LogP contribution in [-0.2, 0) is 6.42 Å². The Kier molecular flexibility index (Phi) is 14.8. The van der Waals surface area contributed by atoms with Crippen molar-refractivity contribution in [3.63, 3.8) is 0 Å². The second-order valence-electron chi connectivity index (χ2n) is 15.4. The Morgan fingerprint density at radius 3 is 1.26 bits per heavy atom. The molecule has 0 bridgehead atoms. The lowest BCUT2D eigenvalue weighted by Crippen LogP contribution is -2.21. The maximum Gasteiger partial charge on any atom is 0.0218 e. The third kappa shape index (κ3) is 12.7. The molecule has 0 aliphatic rings. The van der Waals surface area contributed by atoms with Crippen molar-refractivity contribution in [2.75, 3.05) is 0 Å². The second-order valence-corrected chi connectivity index (χ2v) is 15.4. The van der Waals surface area contributed by atoms with Gasteiger partial charge in [0.25, 0.3) is 0 Å². The zero-order valence-corrected chi connectivity index (χ0v) is 33.9. The van der Waals surface area contributed by atoms with Crippen molar-refractivity contribution in [2.45, 2.75) is 38.5 Å². The molecule has 0 saturated heterocycles. The first-order valence-electron chi connectivity index (χ1n) is 20.3. The monoisotopic (exact) mass is 753 g/mol. The first-order valence-corrected chi connectivity index (χ1v) is 20.3. The van der Waals surface area contributed by atoms with Gasteiger partial charge in [-0.15, -0.1) is 6.58 Å². The quantitative estimate of drug-likeness (QED) is 0.0728. The van der Waals surface area contributed by atoms with Crippen molar-refractivity contribution >= 4 is 36.5 Å². The fraction of sp³-hybridized carbons (Fsp3) is 0.123. The van der Waals surface area contributed by atoms with Crippen molar-refractivity contribution < 1.29 is 0 Å². The van der Waals surface area contributed by atoms with Crippen LogP contribution in [0.25, 0.3) is 36.5 Å². The van der Waals surface area contributed by atoms with Gasteiger partial charge < -0.3 is 5.73 Å². The minimum Gasteiger partial charge on any atom is -0.402 e. The second kappa shape index (κ2) is 21.0. The fourth-order valence-corrected chi connectivity index (χ4v) is 6.73.